The number of amides is 2. The summed E-state index contributed by atoms with van der Waals surface area (Å²) >= 11 is 0. The van der Waals surface area contributed by atoms with Gasteiger partial charge < -0.3 is 15.0 Å². The van der Waals surface area contributed by atoms with Crippen LogP contribution >= 0.6 is 0 Å². The summed E-state index contributed by atoms with van der Waals surface area (Å²) in [7, 11) is 1.82. The average molecular weight is 370 g/mol. The van der Waals surface area contributed by atoms with Crippen molar-refractivity contribution in [3.63, 3.8) is 0 Å². The van der Waals surface area contributed by atoms with E-state index in [0.29, 0.717) is 25.8 Å². The summed E-state index contributed by atoms with van der Waals surface area (Å²) in [6, 6.07) is 7.57. The molecule has 2 atom stereocenters. The van der Waals surface area contributed by atoms with Crippen LogP contribution in [0.1, 0.15) is 37.3 Å². The van der Waals surface area contributed by atoms with E-state index in [0.717, 1.165) is 17.7 Å². The molecule has 2 aliphatic rings. The van der Waals surface area contributed by atoms with Crippen molar-refractivity contribution in [2.75, 3.05) is 13.6 Å². The summed E-state index contributed by atoms with van der Waals surface area (Å²) < 4.78 is 7.77. The summed E-state index contributed by atoms with van der Waals surface area (Å²) in [5, 5.41) is 13.9. The van der Waals surface area contributed by atoms with Gasteiger partial charge in [0.25, 0.3) is 0 Å². The molecule has 9 nitrogen and oxygen atoms in total. The first-order valence-corrected chi connectivity index (χ1v) is 9.07. The SMILES string of the molecule is CN1CC[C@@]2(CCC1=O)C[C@@H](NC(=O)Cn1cnnn1)c1ccccc1O2. The first-order valence-electron chi connectivity index (χ1n) is 9.07. The van der Waals surface area contributed by atoms with Crippen molar-refractivity contribution in [1.29, 1.82) is 0 Å². The van der Waals surface area contributed by atoms with Crippen molar-refractivity contribution in [2.45, 2.75) is 43.9 Å². The maximum atomic E-state index is 12.5. The summed E-state index contributed by atoms with van der Waals surface area (Å²) in [5.41, 5.74) is 0.499. The van der Waals surface area contributed by atoms with Crippen LogP contribution in [0.4, 0.5) is 0 Å². The number of hydrogen-bond acceptors (Lipinski definition) is 6. The van der Waals surface area contributed by atoms with Crippen LogP contribution in [0.3, 0.4) is 0 Å². The molecule has 142 valence electrons. The van der Waals surface area contributed by atoms with E-state index in [-0.39, 0.29) is 24.4 Å². The third-order valence-electron chi connectivity index (χ3n) is 5.35. The minimum atomic E-state index is -0.457. The second kappa shape index (κ2) is 6.98. The Morgan fingerprint density at radius 3 is 3.04 bits per heavy atom. The highest BCUT2D eigenvalue weighted by atomic mass is 16.5. The van der Waals surface area contributed by atoms with E-state index in [4.69, 9.17) is 4.74 Å². The Morgan fingerprint density at radius 2 is 2.22 bits per heavy atom. The number of nitrogens with zero attached hydrogens (tertiary/aromatic N) is 5. The fourth-order valence-electron chi connectivity index (χ4n) is 3.84. The van der Waals surface area contributed by atoms with Gasteiger partial charge in [0, 0.05) is 38.4 Å². The molecule has 0 radical (unpaired) electrons. The van der Waals surface area contributed by atoms with E-state index < -0.39 is 5.60 Å². The third-order valence-corrected chi connectivity index (χ3v) is 5.35. The summed E-state index contributed by atoms with van der Waals surface area (Å²) in [6.45, 7) is 0.701. The lowest BCUT2D eigenvalue weighted by molar-refractivity contribution is -0.129. The summed E-state index contributed by atoms with van der Waals surface area (Å²) in [4.78, 5) is 26.4. The van der Waals surface area contributed by atoms with E-state index in [1.165, 1.54) is 11.0 Å². The Kier molecular flexibility index (Phi) is 4.51. The quantitative estimate of drug-likeness (QED) is 0.853. The highest BCUT2D eigenvalue weighted by molar-refractivity contribution is 5.77. The Morgan fingerprint density at radius 1 is 1.37 bits per heavy atom. The van der Waals surface area contributed by atoms with Crippen molar-refractivity contribution in [3.05, 3.63) is 36.2 Å². The number of hydrogen-bond donors (Lipinski definition) is 1. The largest absolute Gasteiger partial charge is 0.487 e. The highest BCUT2D eigenvalue weighted by Crippen LogP contribution is 2.44. The number of benzene rings is 1. The maximum absolute atomic E-state index is 12.5. The molecular formula is C18H22N6O3. The zero-order valence-corrected chi connectivity index (χ0v) is 15.2. The number of fused-ring (bicyclic) bond motifs is 1. The number of carbonyl (C=O) groups is 2. The topological polar surface area (TPSA) is 102 Å². The molecule has 1 aromatic heterocycles. The van der Waals surface area contributed by atoms with Gasteiger partial charge in [0.1, 0.15) is 24.2 Å². The second-order valence-corrected chi connectivity index (χ2v) is 7.22. The predicted molar refractivity (Wildman–Crippen MR) is 94.6 cm³/mol. The zero-order valence-electron chi connectivity index (χ0n) is 15.2. The molecule has 1 aromatic carbocycles. The normalized spacial score (nSPS) is 24.9. The van der Waals surface area contributed by atoms with E-state index in [9.17, 15) is 9.59 Å². The molecule has 0 unspecified atom stereocenters. The Balaban J connectivity index is 1.56. The van der Waals surface area contributed by atoms with Crippen molar-refractivity contribution < 1.29 is 14.3 Å². The van der Waals surface area contributed by atoms with Gasteiger partial charge in [-0.05, 0) is 22.9 Å². The van der Waals surface area contributed by atoms with Crippen LogP contribution in [0.2, 0.25) is 0 Å². The molecule has 0 saturated carbocycles. The van der Waals surface area contributed by atoms with Crippen LogP contribution in [0.5, 0.6) is 5.75 Å². The fourth-order valence-corrected chi connectivity index (χ4v) is 3.84. The number of tetrazole rings is 1. The van der Waals surface area contributed by atoms with E-state index in [2.05, 4.69) is 20.8 Å². The van der Waals surface area contributed by atoms with Crippen molar-refractivity contribution in [1.82, 2.24) is 30.4 Å². The standard InChI is InChI=1S/C18H22N6O3/c1-23-9-8-18(7-6-17(23)26)10-14(13-4-2-3-5-15(13)27-18)20-16(25)11-24-12-19-21-22-24/h2-5,12,14H,6-11H2,1H3,(H,20,25)/t14-,18+/m1/s1. The maximum Gasteiger partial charge on any atom is 0.242 e. The first-order chi connectivity index (χ1) is 13.0. The molecule has 27 heavy (non-hydrogen) atoms. The number of likely N-dealkylation sites (tertiary alicyclic amines) is 1. The van der Waals surface area contributed by atoms with Gasteiger partial charge in [-0.25, -0.2) is 4.68 Å². The third kappa shape index (κ3) is 3.62. The fraction of sp³-hybridized carbons (Fsp3) is 0.500. The van der Waals surface area contributed by atoms with Gasteiger partial charge in [-0.15, -0.1) is 5.10 Å². The number of ether oxygens (including phenoxy) is 1. The second-order valence-electron chi connectivity index (χ2n) is 7.22. The van der Waals surface area contributed by atoms with E-state index in [1.807, 2.05) is 31.3 Å². The van der Waals surface area contributed by atoms with Crippen LogP contribution in [0.15, 0.2) is 30.6 Å². The van der Waals surface area contributed by atoms with Crippen LogP contribution in [0, 0.1) is 0 Å². The lowest BCUT2D eigenvalue weighted by Crippen LogP contribution is -2.46. The highest BCUT2D eigenvalue weighted by Gasteiger charge is 2.43. The lowest BCUT2D eigenvalue weighted by atomic mass is 9.82. The van der Waals surface area contributed by atoms with Gasteiger partial charge in [0.05, 0.1) is 6.04 Å². The predicted octanol–water partition coefficient (Wildman–Crippen LogP) is 0.694. The zero-order chi connectivity index (χ0) is 18.9. The monoisotopic (exact) mass is 370 g/mol. The molecule has 1 saturated heterocycles. The van der Waals surface area contributed by atoms with Crippen LogP contribution in [-0.2, 0) is 16.1 Å². The van der Waals surface area contributed by atoms with Crippen molar-refractivity contribution >= 4 is 11.8 Å². The number of rotatable bonds is 3. The molecule has 2 aliphatic heterocycles. The Labute approximate surface area is 156 Å². The van der Waals surface area contributed by atoms with E-state index in [1.54, 1.807) is 4.90 Å². The Hall–Kier alpha value is -2.97. The molecule has 3 heterocycles. The van der Waals surface area contributed by atoms with Crippen LogP contribution in [-0.4, -0.2) is 56.1 Å². The van der Waals surface area contributed by atoms with Crippen LogP contribution < -0.4 is 10.1 Å². The average Bonchev–Trinajstić information content (AvgIpc) is 3.12. The van der Waals surface area contributed by atoms with Gasteiger partial charge in [-0.2, -0.15) is 0 Å². The minimum absolute atomic E-state index is 0.0563. The molecule has 9 heteroatoms. The molecule has 2 amide bonds. The molecule has 4 rings (SSSR count). The lowest BCUT2D eigenvalue weighted by Gasteiger charge is -2.42. The molecule has 0 bridgehead atoms. The van der Waals surface area contributed by atoms with E-state index >= 15 is 0 Å². The molecule has 2 aromatic rings. The summed E-state index contributed by atoms with van der Waals surface area (Å²) in [6.07, 6.45) is 3.87. The number of carbonyl (C=O) groups excluding carboxylic acids is 2. The van der Waals surface area contributed by atoms with Gasteiger partial charge in [-0.1, -0.05) is 18.2 Å². The van der Waals surface area contributed by atoms with Crippen molar-refractivity contribution in [3.8, 4) is 5.75 Å². The van der Waals surface area contributed by atoms with Crippen molar-refractivity contribution in [2.24, 2.45) is 0 Å². The molecule has 1 N–H and O–H groups in total. The van der Waals surface area contributed by atoms with Gasteiger partial charge in [0.15, 0.2) is 0 Å². The smallest absolute Gasteiger partial charge is 0.242 e. The van der Waals surface area contributed by atoms with Gasteiger partial charge in [0.2, 0.25) is 11.8 Å². The number of aromatic nitrogens is 4. The number of nitrogens with one attached hydrogen (secondary N) is 1. The molecule has 1 fully saturated rings. The van der Waals surface area contributed by atoms with Crippen LogP contribution in [0.25, 0.3) is 0 Å². The number of para-hydroxylation sites is 1. The Bertz CT molecular complexity index is 839. The van der Waals surface area contributed by atoms with Gasteiger partial charge in [-0.3, -0.25) is 9.59 Å². The minimum Gasteiger partial charge on any atom is -0.487 e. The molecule has 0 aliphatic carbocycles. The molecular weight excluding hydrogens is 348 g/mol. The van der Waals surface area contributed by atoms with Gasteiger partial charge >= 0.3 is 0 Å². The molecule has 1 spiro atoms. The summed E-state index contributed by atoms with van der Waals surface area (Å²) in [5.74, 6) is 0.739. The first kappa shape index (κ1) is 17.4.